The third-order valence-corrected chi connectivity index (χ3v) is 3.82. The second-order valence-corrected chi connectivity index (χ2v) is 5.83. The van der Waals surface area contributed by atoms with Crippen LogP contribution in [0.25, 0.3) is 5.65 Å². The largest absolute Gasteiger partial charge is 0.394 e. The van der Waals surface area contributed by atoms with Crippen molar-refractivity contribution >= 4 is 29.5 Å². The average molecular weight is 355 g/mol. The van der Waals surface area contributed by atoms with Crippen LogP contribution in [-0.4, -0.2) is 46.9 Å². The molecule has 1 saturated carbocycles. The van der Waals surface area contributed by atoms with E-state index in [-0.39, 0.29) is 11.9 Å². The number of amides is 1. The molecule has 1 fully saturated rings. The number of rotatable bonds is 8. The van der Waals surface area contributed by atoms with Crippen LogP contribution in [0.5, 0.6) is 0 Å². The van der Waals surface area contributed by atoms with Gasteiger partial charge in [0, 0.05) is 26.2 Å². The SMILES string of the molecule is CN/C=C\C=C(/C=O)Nc1cc(NC)n2ncc(C(=O)NC3CC3)c2n1. The standard InChI is InChI=1S/C17H21N7O2/c1-18-7-3-4-12(10-25)21-14-8-15(19-2)24-16(23-14)13(9-20-24)17(26)22-11-5-6-11/h3-4,7-11,18-19H,5-6H2,1-2H3,(H,21,23)(H,22,26)/b7-3-,12-4+. The van der Waals surface area contributed by atoms with E-state index in [1.807, 2.05) is 0 Å². The van der Waals surface area contributed by atoms with Crippen LogP contribution in [-0.2, 0) is 4.79 Å². The summed E-state index contributed by atoms with van der Waals surface area (Å²) in [5.41, 5.74) is 1.14. The van der Waals surface area contributed by atoms with Gasteiger partial charge in [-0.3, -0.25) is 9.59 Å². The Hall–Kier alpha value is -3.36. The summed E-state index contributed by atoms with van der Waals surface area (Å²) in [5, 5.41) is 16.0. The molecule has 136 valence electrons. The zero-order valence-electron chi connectivity index (χ0n) is 14.6. The monoisotopic (exact) mass is 355 g/mol. The van der Waals surface area contributed by atoms with Crippen molar-refractivity contribution in [3.8, 4) is 0 Å². The quantitative estimate of drug-likeness (QED) is 0.316. The van der Waals surface area contributed by atoms with E-state index in [0.29, 0.717) is 34.8 Å². The molecule has 3 rings (SSSR count). The highest BCUT2D eigenvalue weighted by molar-refractivity contribution is 6.00. The first-order chi connectivity index (χ1) is 12.7. The summed E-state index contributed by atoms with van der Waals surface area (Å²) in [5.74, 6) is 0.871. The lowest BCUT2D eigenvalue weighted by molar-refractivity contribution is -0.104. The van der Waals surface area contributed by atoms with Crippen molar-refractivity contribution in [3.05, 3.63) is 41.9 Å². The highest BCUT2D eigenvalue weighted by Gasteiger charge is 2.26. The first kappa shape index (κ1) is 17.5. The minimum atomic E-state index is -0.197. The second-order valence-electron chi connectivity index (χ2n) is 5.83. The van der Waals surface area contributed by atoms with Gasteiger partial charge in [-0.2, -0.15) is 9.61 Å². The van der Waals surface area contributed by atoms with Gasteiger partial charge in [0.2, 0.25) is 0 Å². The van der Waals surface area contributed by atoms with Crippen LogP contribution >= 0.6 is 0 Å². The average Bonchev–Trinajstić information content (AvgIpc) is 3.35. The summed E-state index contributed by atoms with van der Waals surface area (Å²) >= 11 is 0. The van der Waals surface area contributed by atoms with E-state index in [0.717, 1.165) is 12.8 Å². The molecule has 9 heteroatoms. The Morgan fingerprint density at radius 1 is 1.35 bits per heavy atom. The molecule has 2 heterocycles. The van der Waals surface area contributed by atoms with Crippen LogP contribution in [0.1, 0.15) is 23.2 Å². The summed E-state index contributed by atoms with van der Waals surface area (Å²) in [4.78, 5) is 28.1. The fourth-order valence-corrected chi connectivity index (χ4v) is 2.36. The van der Waals surface area contributed by atoms with Crippen LogP contribution in [0.15, 0.2) is 36.3 Å². The third kappa shape index (κ3) is 3.82. The fraction of sp³-hybridized carbons (Fsp3) is 0.294. The Kier molecular flexibility index (Phi) is 5.16. The van der Waals surface area contributed by atoms with E-state index < -0.39 is 0 Å². The number of hydrogen-bond donors (Lipinski definition) is 4. The Balaban J connectivity index is 1.95. The Morgan fingerprint density at radius 3 is 2.81 bits per heavy atom. The minimum Gasteiger partial charge on any atom is -0.394 e. The number of nitrogens with zero attached hydrogens (tertiary/aromatic N) is 3. The van der Waals surface area contributed by atoms with Gasteiger partial charge in [0.05, 0.1) is 11.9 Å². The van der Waals surface area contributed by atoms with Crippen molar-refractivity contribution in [3.63, 3.8) is 0 Å². The number of nitrogens with one attached hydrogen (secondary N) is 4. The maximum absolute atomic E-state index is 12.4. The summed E-state index contributed by atoms with van der Waals surface area (Å²) in [6.07, 6.45) is 9.20. The van der Waals surface area contributed by atoms with Crippen molar-refractivity contribution < 1.29 is 9.59 Å². The predicted molar refractivity (Wildman–Crippen MR) is 99.0 cm³/mol. The Bertz CT molecular complexity index is 881. The highest BCUT2D eigenvalue weighted by atomic mass is 16.1. The van der Waals surface area contributed by atoms with Gasteiger partial charge < -0.3 is 21.3 Å². The molecule has 0 bridgehead atoms. The van der Waals surface area contributed by atoms with Crippen molar-refractivity contribution in [2.45, 2.75) is 18.9 Å². The molecule has 0 unspecified atom stereocenters. The van der Waals surface area contributed by atoms with E-state index in [2.05, 4.69) is 31.3 Å². The highest BCUT2D eigenvalue weighted by Crippen LogP contribution is 2.22. The normalized spacial score (nSPS) is 14.5. The molecule has 0 radical (unpaired) electrons. The van der Waals surface area contributed by atoms with E-state index in [9.17, 15) is 9.59 Å². The number of anilines is 2. The van der Waals surface area contributed by atoms with E-state index in [1.165, 1.54) is 6.20 Å². The van der Waals surface area contributed by atoms with Gasteiger partial charge in [0.1, 0.15) is 17.2 Å². The predicted octanol–water partition coefficient (Wildman–Crippen LogP) is 0.891. The number of hydrogen-bond acceptors (Lipinski definition) is 7. The molecular formula is C17H21N7O2. The molecular weight excluding hydrogens is 334 g/mol. The zero-order chi connectivity index (χ0) is 18.5. The lowest BCUT2D eigenvalue weighted by Gasteiger charge is -2.10. The van der Waals surface area contributed by atoms with E-state index >= 15 is 0 Å². The number of carbonyl (C=O) groups excluding carboxylic acids is 2. The molecule has 9 nitrogen and oxygen atoms in total. The molecule has 0 aromatic carbocycles. The summed E-state index contributed by atoms with van der Waals surface area (Å²) < 4.78 is 1.55. The molecule has 0 atom stereocenters. The van der Waals surface area contributed by atoms with E-state index in [1.54, 1.807) is 43.0 Å². The number of fused-ring (bicyclic) bond motifs is 1. The summed E-state index contributed by atoms with van der Waals surface area (Å²) in [7, 11) is 3.51. The summed E-state index contributed by atoms with van der Waals surface area (Å²) in [6, 6.07) is 1.95. The first-order valence-electron chi connectivity index (χ1n) is 8.30. The molecule has 1 amide bonds. The second kappa shape index (κ2) is 7.68. The number of aromatic nitrogens is 3. The van der Waals surface area contributed by atoms with Crippen LogP contribution < -0.4 is 21.3 Å². The maximum atomic E-state index is 12.4. The third-order valence-electron chi connectivity index (χ3n) is 3.82. The van der Waals surface area contributed by atoms with Crippen LogP contribution in [0.3, 0.4) is 0 Å². The Morgan fingerprint density at radius 2 is 2.15 bits per heavy atom. The van der Waals surface area contributed by atoms with Crippen LogP contribution in [0.4, 0.5) is 11.6 Å². The molecule has 4 N–H and O–H groups in total. The van der Waals surface area contributed by atoms with Gasteiger partial charge in [-0.15, -0.1) is 0 Å². The first-order valence-corrected chi connectivity index (χ1v) is 8.30. The van der Waals surface area contributed by atoms with Gasteiger partial charge >= 0.3 is 0 Å². The van der Waals surface area contributed by atoms with Crippen LogP contribution in [0.2, 0.25) is 0 Å². The number of aldehydes is 1. The summed E-state index contributed by atoms with van der Waals surface area (Å²) in [6.45, 7) is 0. The van der Waals surface area contributed by atoms with Crippen molar-refractivity contribution in [2.24, 2.45) is 0 Å². The lowest BCUT2D eigenvalue weighted by atomic mass is 10.3. The molecule has 0 aliphatic heterocycles. The van der Waals surface area contributed by atoms with Gasteiger partial charge in [-0.25, -0.2) is 4.98 Å². The van der Waals surface area contributed by atoms with Crippen LogP contribution in [0, 0.1) is 0 Å². The Labute approximate surface area is 150 Å². The maximum Gasteiger partial charge on any atom is 0.256 e. The molecule has 2 aromatic heterocycles. The van der Waals surface area contributed by atoms with E-state index in [4.69, 9.17) is 0 Å². The van der Waals surface area contributed by atoms with Crippen molar-refractivity contribution in [1.82, 2.24) is 25.2 Å². The van der Waals surface area contributed by atoms with Crippen molar-refractivity contribution in [2.75, 3.05) is 24.7 Å². The van der Waals surface area contributed by atoms with Gasteiger partial charge in [0.15, 0.2) is 11.9 Å². The lowest BCUT2D eigenvalue weighted by Crippen LogP contribution is -2.25. The fourth-order valence-electron chi connectivity index (χ4n) is 2.36. The van der Waals surface area contributed by atoms with Gasteiger partial charge in [-0.1, -0.05) is 0 Å². The topological polar surface area (TPSA) is 112 Å². The zero-order valence-corrected chi connectivity index (χ0v) is 14.6. The molecule has 1 aliphatic carbocycles. The molecule has 0 spiro atoms. The number of carbonyl (C=O) groups is 2. The molecule has 2 aromatic rings. The minimum absolute atomic E-state index is 0.197. The van der Waals surface area contributed by atoms with Gasteiger partial charge in [0.25, 0.3) is 5.91 Å². The number of allylic oxidation sites excluding steroid dienone is 3. The molecule has 1 aliphatic rings. The molecule has 26 heavy (non-hydrogen) atoms. The van der Waals surface area contributed by atoms with Gasteiger partial charge in [-0.05, 0) is 31.2 Å². The smallest absolute Gasteiger partial charge is 0.256 e. The molecule has 0 saturated heterocycles. The van der Waals surface area contributed by atoms with Crippen molar-refractivity contribution in [1.29, 1.82) is 0 Å².